The van der Waals surface area contributed by atoms with Gasteiger partial charge in [-0.1, -0.05) is 12.1 Å². The lowest BCUT2D eigenvalue weighted by molar-refractivity contribution is 0.305. The van der Waals surface area contributed by atoms with Gasteiger partial charge in [-0.15, -0.1) is 0 Å². The normalized spacial score (nSPS) is 10.9. The van der Waals surface area contributed by atoms with E-state index in [-0.39, 0.29) is 18.0 Å². The smallest absolute Gasteiger partial charge is 0.258 e. The second-order valence-corrected chi connectivity index (χ2v) is 6.15. The van der Waals surface area contributed by atoms with E-state index in [1.165, 1.54) is 22.8 Å². The van der Waals surface area contributed by atoms with Gasteiger partial charge >= 0.3 is 0 Å². The van der Waals surface area contributed by atoms with Gasteiger partial charge in [0.25, 0.3) is 5.56 Å². The maximum atomic E-state index is 12.9. The molecule has 27 heavy (non-hydrogen) atoms. The van der Waals surface area contributed by atoms with Crippen LogP contribution in [0.15, 0.2) is 71.8 Å². The van der Waals surface area contributed by atoms with Crippen LogP contribution in [0.25, 0.3) is 16.6 Å². The molecule has 0 amide bonds. The van der Waals surface area contributed by atoms with Crippen molar-refractivity contribution in [1.29, 1.82) is 0 Å². The number of benzene rings is 2. The van der Waals surface area contributed by atoms with Crippen LogP contribution in [0.4, 0.5) is 4.39 Å². The number of hydrogen-bond donors (Lipinski definition) is 0. The molecule has 0 radical (unpaired) electrons. The molecule has 0 saturated carbocycles. The van der Waals surface area contributed by atoms with Crippen LogP contribution in [0, 0.1) is 12.7 Å². The fourth-order valence-electron chi connectivity index (χ4n) is 2.77. The first-order valence-corrected chi connectivity index (χ1v) is 8.42. The molecule has 0 saturated heterocycles. The lowest BCUT2D eigenvalue weighted by atomic mass is 10.2. The van der Waals surface area contributed by atoms with Gasteiger partial charge in [0.2, 0.25) is 0 Å². The van der Waals surface area contributed by atoms with Gasteiger partial charge in [0.1, 0.15) is 24.0 Å². The van der Waals surface area contributed by atoms with Crippen LogP contribution in [0.1, 0.15) is 11.4 Å². The molecular formula is C21H16FN3O2. The van der Waals surface area contributed by atoms with Crippen molar-refractivity contribution in [3.05, 3.63) is 94.5 Å². The molecule has 0 N–H and O–H groups in total. The van der Waals surface area contributed by atoms with Crippen molar-refractivity contribution in [3.8, 4) is 11.4 Å². The zero-order valence-electron chi connectivity index (χ0n) is 14.6. The van der Waals surface area contributed by atoms with E-state index in [1.54, 1.807) is 30.6 Å². The van der Waals surface area contributed by atoms with Crippen molar-refractivity contribution in [1.82, 2.24) is 14.5 Å². The summed E-state index contributed by atoms with van der Waals surface area (Å²) in [4.78, 5) is 21.0. The molecule has 6 heteroatoms. The van der Waals surface area contributed by atoms with E-state index < -0.39 is 0 Å². The maximum absolute atomic E-state index is 12.9. The van der Waals surface area contributed by atoms with E-state index in [4.69, 9.17) is 4.74 Å². The van der Waals surface area contributed by atoms with Crippen LogP contribution >= 0.6 is 0 Å². The number of aryl methyl sites for hydroxylation is 1. The zero-order valence-corrected chi connectivity index (χ0v) is 14.6. The average molecular weight is 361 g/mol. The van der Waals surface area contributed by atoms with Gasteiger partial charge in [-0.05, 0) is 48.9 Å². The summed E-state index contributed by atoms with van der Waals surface area (Å²) >= 11 is 0. The number of fused-ring (bicyclic) bond motifs is 1. The molecule has 0 spiro atoms. The van der Waals surface area contributed by atoms with Crippen molar-refractivity contribution in [2.24, 2.45) is 0 Å². The molecular weight excluding hydrogens is 345 g/mol. The van der Waals surface area contributed by atoms with Crippen molar-refractivity contribution < 1.29 is 9.13 Å². The van der Waals surface area contributed by atoms with Gasteiger partial charge in [-0.25, -0.2) is 14.4 Å². The number of ether oxygens (including phenoxy) is 1. The Balaban J connectivity index is 1.57. The van der Waals surface area contributed by atoms with Crippen molar-refractivity contribution in [2.45, 2.75) is 13.5 Å². The van der Waals surface area contributed by atoms with Gasteiger partial charge in [-0.3, -0.25) is 9.36 Å². The predicted molar refractivity (Wildman–Crippen MR) is 101 cm³/mol. The number of nitrogens with zero attached hydrogens (tertiary/aromatic N) is 3. The highest BCUT2D eigenvalue weighted by molar-refractivity contribution is 5.79. The summed E-state index contributed by atoms with van der Waals surface area (Å²) < 4.78 is 20.1. The quantitative estimate of drug-likeness (QED) is 0.555. The Labute approximate surface area is 154 Å². The predicted octanol–water partition coefficient (Wildman–Crippen LogP) is 3.81. The lowest BCUT2D eigenvalue weighted by Gasteiger charge is -2.10. The standard InChI is InChI=1S/C21H16FN3O2/c1-14-23-12-16-10-18(6-7-20(16)24-14)25-9-8-19(11-21(25)26)27-13-15-2-4-17(22)5-3-15/h2-12H,13H2,1H3. The van der Waals surface area contributed by atoms with E-state index >= 15 is 0 Å². The summed E-state index contributed by atoms with van der Waals surface area (Å²) in [5.74, 6) is 0.868. The Kier molecular flexibility index (Phi) is 4.38. The third kappa shape index (κ3) is 3.69. The van der Waals surface area contributed by atoms with E-state index in [1.807, 2.05) is 25.1 Å². The molecule has 2 aromatic carbocycles. The Morgan fingerprint density at radius 2 is 1.89 bits per heavy atom. The van der Waals surface area contributed by atoms with E-state index in [0.717, 1.165) is 22.2 Å². The average Bonchev–Trinajstić information content (AvgIpc) is 2.67. The third-order valence-electron chi connectivity index (χ3n) is 4.17. The number of hydrogen-bond acceptors (Lipinski definition) is 4. The summed E-state index contributed by atoms with van der Waals surface area (Å²) in [6, 6.07) is 14.8. The minimum atomic E-state index is -0.294. The Bertz CT molecular complexity index is 1170. The van der Waals surface area contributed by atoms with Gasteiger partial charge < -0.3 is 4.74 Å². The Hall–Kier alpha value is -3.54. The third-order valence-corrected chi connectivity index (χ3v) is 4.17. The van der Waals surface area contributed by atoms with Gasteiger partial charge in [-0.2, -0.15) is 0 Å². The van der Waals surface area contributed by atoms with E-state index in [2.05, 4.69) is 9.97 Å². The molecule has 0 unspecified atom stereocenters. The highest BCUT2D eigenvalue weighted by atomic mass is 19.1. The molecule has 0 atom stereocenters. The number of aromatic nitrogens is 3. The summed E-state index contributed by atoms with van der Waals surface area (Å²) in [6.45, 7) is 2.10. The Morgan fingerprint density at radius 3 is 2.67 bits per heavy atom. The minimum absolute atomic E-state index is 0.209. The summed E-state index contributed by atoms with van der Waals surface area (Å²) in [5, 5.41) is 0.863. The molecule has 0 aliphatic heterocycles. The van der Waals surface area contributed by atoms with E-state index in [9.17, 15) is 9.18 Å². The lowest BCUT2D eigenvalue weighted by Crippen LogP contribution is -2.16. The fraction of sp³-hybridized carbons (Fsp3) is 0.0952. The maximum Gasteiger partial charge on any atom is 0.258 e. The first-order chi connectivity index (χ1) is 13.1. The molecule has 4 aromatic rings. The highest BCUT2D eigenvalue weighted by Gasteiger charge is 2.05. The first kappa shape index (κ1) is 16.9. The fourth-order valence-corrected chi connectivity index (χ4v) is 2.77. The highest BCUT2D eigenvalue weighted by Crippen LogP contribution is 2.17. The first-order valence-electron chi connectivity index (χ1n) is 8.42. The van der Waals surface area contributed by atoms with E-state index in [0.29, 0.717) is 11.6 Å². The topological polar surface area (TPSA) is 57.0 Å². The molecule has 5 nitrogen and oxygen atoms in total. The molecule has 0 aliphatic rings. The summed E-state index contributed by atoms with van der Waals surface area (Å²) in [7, 11) is 0. The monoisotopic (exact) mass is 361 g/mol. The summed E-state index contributed by atoms with van der Waals surface area (Å²) in [6.07, 6.45) is 3.41. The molecule has 4 rings (SSSR count). The van der Waals surface area contributed by atoms with Crippen LogP contribution < -0.4 is 10.3 Å². The second-order valence-electron chi connectivity index (χ2n) is 6.15. The number of halogens is 1. The van der Waals surface area contributed by atoms with Crippen LogP contribution in [-0.2, 0) is 6.61 Å². The van der Waals surface area contributed by atoms with Gasteiger partial charge in [0, 0.05) is 29.5 Å². The van der Waals surface area contributed by atoms with Gasteiger partial charge in [0.05, 0.1) is 5.52 Å². The van der Waals surface area contributed by atoms with Crippen molar-refractivity contribution in [2.75, 3.05) is 0 Å². The molecule has 2 aromatic heterocycles. The van der Waals surface area contributed by atoms with Crippen LogP contribution in [0.2, 0.25) is 0 Å². The Morgan fingerprint density at radius 1 is 1.07 bits per heavy atom. The van der Waals surface area contributed by atoms with Gasteiger partial charge in [0.15, 0.2) is 0 Å². The van der Waals surface area contributed by atoms with Crippen LogP contribution in [-0.4, -0.2) is 14.5 Å². The second kappa shape index (κ2) is 6.99. The summed E-state index contributed by atoms with van der Waals surface area (Å²) in [5.41, 5.74) is 2.17. The molecule has 0 aliphatic carbocycles. The number of pyridine rings is 1. The van der Waals surface area contributed by atoms with Crippen LogP contribution in [0.3, 0.4) is 0 Å². The van der Waals surface area contributed by atoms with Crippen molar-refractivity contribution >= 4 is 10.9 Å². The molecule has 0 fully saturated rings. The zero-order chi connectivity index (χ0) is 18.8. The van der Waals surface area contributed by atoms with Crippen molar-refractivity contribution in [3.63, 3.8) is 0 Å². The largest absolute Gasteiger partial charge is 0.489 e. The SMILES string of the molecule is Cc1ncc2cc(-n3ccc(OCc4ccc(F)cc4)cc3=O)ccc2n1. The molecule has 134 valence electrons. The minimum Gasteiger partial charge on any atom is -0.489 e. The molecule has 0 bridgehead atoms. The van der Waals surface area contributed by atoms with Crippen LogP contribution in [0.5, 0.6) is 5.75 Å². The molecule has 2 heterocycles. The number of rotatable bonds is 4.